The lowest BCUT2D eigenvalue weighted by atomic mass is 9.89. The number of nitrogens with zero attached hydrogens (tertiary/aromatic N) is 2. The molecule has 4 amide bonds. The third-order valence-corrected chi connectivity index (χ3v) is 12.8. The Kier molecular flexibility index (Phi) is 15.8. The van der Waals surface area contributed by atoms with Crippen LogP contribution in [0, 0.1) is 23.7 Å². The Hall–Kier alpha value is -2.96. The fourth-order valence-electron chi connectivity index (χ4n) is 8.75. The number of fused-ring (bicyclic) bond motifs is 2. The van der Waals surface area contributed by atoms with Gasteiger partial charge >= 0.3 is 8.03 Å². The maximum atomic E-state index is 14.2. The van der Waals surface area contributed by atoms with Crippen molar-refractivity contribution < 1.29 is 38.1 Å². The second-order valence-corrected chi connectivity index (χ2v) is 17.0. The fraction of sp³-hybridized carbons (Fsp3) is 0.744. The highest BCUT2D eigenvalue weighted by molar-refractivity contribution is 7.38. The summed E-state index contributed by atoms with van der Waals surface area (Å²) in [5, 5.41) is 9.25. The largest absolute Gasteiger partial charge is 0.531 e. The van der Waals surface area contributed by atoms with E-state index in [4.69, 9.17) is 9.47 Å². The molecule has 0 radical (unpaired) electrons. The number of hydrogen-bond acceptors (Lipinski definition) is 8. The molecule has 1 aromatic carbocycles. The van der Waals surface area contributed by atoms with Crippen LogP contribution < -0.4 is 16.0 Å². The summed E-state index contributed by atoms with van der Waals surface area (Å²) in [4.78, 5) is 68.7. The minimum Gasteiger partial charge on any atom is -0.379 e. The zero-order valence-corrected chi connectivity index (χ0v) is 33.7. The smallest absolute Gasteiger partial charge is 0.379 e. The molecule has 2 bridgehead atoms. The normalized spacial score (nSPS) is 25.2. The van der Waals surface area contributed by atoms with Gasteiger partial charge in [-0.15, -0.1) is 0 Å². The number of piperidine rings is 1. The van der Waals surface area contributed by atoms with E-state index in [-0.39, 0.29) is 48.4 Å². The third-order valence-electron chi connectivity index (χ3n) is 12.0. The van der Waals surface area contributed by atoms with E-state index < -0.39 is 56.0 Å². The van der Waals surface area contributed by atoms with Gasteiger partial charge in [0.2, 0.25) is 23.6 Å². The van der Waals surface area contributed by atoms with Crippen LogP contribution in [0.1, 0.15) is 85.1 Å². The van der Waals surface area contributed by atoms with Crippen LogP contribution in [-0.4, -0.2) is 114 Å². The first kappa shape index (κ1) is 42.8. The molecule has 1 saturated carbocycles. The van der Waals surface area contributed by atoms with Crippen molar-refractivity contribution in [2.75, 3.05) is 27.8 Å². The lowest BCUT2D eigenvalue weighted by molar-refractivity contribution is -0.147. The minimum absolute atomic E-state index is 0.00847. The number of benzene rings is 1. The second-order valence-electron chi connectivity index (χ2n) is 15.8. The van der Waals surface area contributed by atoms with Gasteiger partial charge in [-0.2, -0.15) is 4.89 Å². The molecular formula is C39H63N5O8P+. The van der Waals surface area contributed by atoms with E-state index in [2.05, 4.69) is 16.0 Å². The summed E-state index contributed by atoms with van der Waals surface area (Å²) >= 11 is 0. The van der Waals surface area contributed by atoms with Crippen molar-refractivity contribution in [1.29, 1.82) is 0 Å². The number of carbonyl (C=O) groups is 4. The van der Waals surface area contributed by atoms with E-state index >= 15 is 0 Å². The van der Waals surface area contributed by atoms with Crippen LogP contribution >= 0.6 is 8.03 Å². The number of likely N-dealkylation sites (N-methyl/N-ethyl adjacent to an activating group) is 1. The van der Waals surface area contributed by atoms with Gasteiger partial charge in [-0.1, -0.05) is 71.4 Å². The van der Waals surface area contributed by atoms with E-state index in [0.29, 0.717) is 24.9 Å². The van der Waals surface area contributed by atoms with Crippen molar-refractivity contribution in [3.8, 4) is 0 Å². The van der Waals surface area contributed by atoms with Crippen LogP contribution in [0.3, 0.4) is 0 Å². The summed E-state index contributed by atoms with van der Waals surface area (Å²) in [5.74, 6) is -2.53. The first-order chi connectivity index (χ1) is 25.2. The molecular weight excluding hydrogens is 697 g/mol. The van der Waals surface area contributed by atoms with Gasteiger partial charge in [0, 0.05) is 40.3 Å². The number of rotatable bonds is 19. The summed E-state index contributed by atoms with van der Waals surface area (Å²) < 4.78 is 24.1. The quantitative estimate of drug-likeness (QED) is 0.154. The Balaban J connectivity index is 1.45. The lowest BCUT2D eigenvalue weighted by Crippen LogP contribution is -2.59. The molecule has 0 aromatic heterocycles. The monoisotopic (exact) mass is 760 g/mol. The second kappa shape index (κ2) is 19.6. The Morgan fingerprint density at radius 2 is 1.74 bits per heavy atom. The van der Waals surface area contributed by atoms with E-state index in [1.165, 1.54) is 7.11 Å². The van der Waals surface area contributed by atoms with Crippen LogP contribution in [-0.2, 0) is 39.6 Å². The average molecular weight is 761 g/mol. The Morgan fingerprint density at radius 3 is 2.28 bits per heavy atom. The van der Waals surface area contributed by atoms with Crippen molar-refractivity contribution in [3.63, 3.8) is 0 Å². The van der Waals surface area contributed by atoms with Crippen LogP contribution in [0.25, 0.3) is 0 Å². The zero-order valence-electron chi connectivity index (χ0n) is 32.8. The van der Waals surface area contributed by atoms with Gasteiger partial charge < -0.3 is 35.2 Å². The lowest BCUT2D eigenvalue weighted by Gasteiger charge is -2.41. The molecule has 2 aliphatic heterocycles. The molecule has 13 nitrogen and oxygen atoms in total. The predicted molar refractivity (Wildman–Crippen MR) is 203 cm³/mol. The number of methoxy groups -OCH3 is 2. The summed E-state index contributed by atoms with van der Waals surface area (Å²) in [7, 11) is 2.10. The van der Waals surface area contributed by atoms with E-state index in [0.717, 1.165) is 37.7 Å². The molecule has 8 unspecified atom stereocenters. The van der Waals surface area contributed by atoms with Crippen molar-refractivity contribution in [1.82, 2.24) is 25.8 Å². The fourth-order valence-corrected chi connectivity index (χ4v) is 9.35. The van der Waals surface area contributed by atoms with Gasteiger partial charge in [0.25, 0.3) is 5.78 Å². The summed E-state index contributed by atoms with van der Waals surface area (Å²) in [6.07, 6.45) is 4.10. The van der Waals surface area contributed by atoms with E-state index in [9.17, 15) is 28.6 Å². The predicted octanol–water partition coefficient (Wildman–Crippen LogP) is 3.61. The van der Waals surface area contributed by atoms with Gasteiger partial charge in [0.15, 0.2) is 0 Å². The highest BCUT2D eigenvalue weighted by Gasteiger charge is 2.46. The third kappa shape index (κ3) is 10.4. The number of amides is 4. The SMILES string of the molecule is CCC(C)C(C(CC(=O)N1CCC[C@H]1C(OC)C(C)C(=O)NC(Cc1ccccc1)[P+](=O)O)OC)N(C)C(=O)C(NC(=O)[C@H]1N[C@@H]2CC[C@H]1C2)C(C)C. The van der Waals surface area contributed by atoms with Crippen LogP contribution in [0.15, 0.2) is 30.3 Å². The van der Waals surface area contributed by atoms with Crippen LogP contribution in [0.5, 0.6) is 0 Å². The molecule has 14 heteroatoms. The van der Waals surface area contributed by atoms with Gasteiger partial charge in [0.05, 0.1) is 42.7 Å². The molecule has 4 rings (SSSR count). The van der Waals surface area contributed by atoms with Crippen molar-refractivity contribution >= 4 is 31.7 Å². The van der Waals surface area contributed by atoms with Gasteiger partial charge in [0.1, 0.15) is 6.04 Å². The Bertz CT molecular complexity index is 1420. The number of carbonyl (C=O) groups excluding carboxylic acids is 4. The zero-order chi connectivity index (χ0) is 39.0. The number of hydrogen-bond donors (Lipinski definition) is 4. The van der Waals surface area contributed by atoms with Crippen LogP contribution in [0.2, 0.25) is 0 Å². The molecule has 3 aliphatic rings. The first-order valence-electron chi connectivity index (χ1n) is 19.4. The molecule has 3 fully saturated rings. The molecule has 2 saturated heterocycles. The summed E-state index contributed by atoms with van der Waals surface area (Å²) in [5.41, 5.74) is 0.826. The maximum absolute atomic E-state index is 14.2. The molecule has 1 aliphatic carbocycles. The first-order valence-corrected chi connectivity index (χ1v) is 20.7. The van der Waals surface area contributed by atoms with Gasteiger partial charge in [-0.3, -0.25) is 19.2 Å². The maximum Gasteiger partial charge on any atom is 0.531 e. The summed E-state index contributed by atoms with van der Waals surface area (Å²) in [6, 6.07) is 7.71. The van der Waals surface area contributed by atoms with Crippen molar-refractivity contribution in [2.24, 2.45) is 23.7 Å². The highest BCUT2D eigenvalue weighted by atomic mass is 31.1. The molecule has 296 valence electrons. The molecule has 12 atom stereocenters. The number of ether oxygens (including phenoxy) is 2. The molecule has 53 heavy (non-hydrogen) atoms. The van der Waals surface area contributed by atoms with E-state index in [1.54, 1.807) is 30.9 Å². The topological polar surface area (TPSA) is 167 Å². The average Bonchev–Trinajstić information content (AvgIpc) is 3.92. The molecule has 0 spiro atoms. The van der Waals surface area contributed by atoms with Crippen molar-refractivity contribution in [2.45, 2.75) is 134 Å². The van der Waals surface area contributed by atoms with E-state index in [1.807, 2.05) is 58.0 Å². The van der Waals surface area contributed by atoms with Crippen molar-refractivity contribution in [3.05, 3.63) is 35.9 Å². The minimum atomic E-state index is -2.70. The molecule has 1 aromatic rings. The summed E-state index contributed by atoms with van der Waals surface area (Å²) in [6.45, 7) is 10.1. The van der Waals surface area contributed by atoms with Crippen LogP contribution in [0.4, 0.5) is 0 Å². The molecule has 2 heterocycles. The molecule has 4 N–H and O–H groups in total. The standard InChI is InChI=1S/C39H62N5O8P/c1-9-24(4)35(43(6)39(48)33(23(2)3)42-38(47)34-27-17-18-28(21-27)40-34)30(51-7)22-32(45)44-19-13-16-29(44)36(52-8)25(5)37(46)41-31(53(49)50)20-26-14-11-10-12-15-26/h10-12,14-15,23-25,27-31,33-36,40H,9,13,16-22H2,1-8H3,(H2-,41,42,46,47,49,50)/p+1/t24?,25?,27-,28+,29-,30?,31?,33?,34-,35?,36?/m0/s1. The highest BCUT2D eigenvalue weighted by Crippen LogP contribution is 2.36. The Labute approximate surface area is 316 Å². The Morgan fingerprint density at radius 1 is 1.04 bits per heavy atom. The number of likely N-dealkylation sites (tertiary alicyclic amines) is 1. The van der Waals surface area contributed by atoms with Gasteiger partial charge in [-0.05, 0) is 60.0 Å². The van der Waals surface area contributed by atoms with Gasteiger partial charge in [-0.25, -0.2) is 0 Å². The number of nitrogens with one attached hydrogen (secondary N) is 3.